The van der Waals surface area contributed by atoms with Gasteiger partial charge in [-0.15, -0.1) is 10.2 Å². The lowest BCUT2D eigenvalue weighted by Crippen LogP contribution is -2.45. The second kappa shape index (κ2) is 9.39. The van der Waals surface area contributed by atoms with Crippen LogP contribution in [0, 0.1) is 6.92 Å². The molecular formula is C17H31N7O. The first-order valence-corrected chi connectivity index (χ1v) is 9.22. The number of nitrogens with one attached hydrogen (secondary N) is 2. The minimum Gasteiger partial charge on any atom is -0.356 e. The summed E-state index contributed by atoms with van der Waals surface area (Å²) in [6.07, 6.45) is 3.73. The molecule has 0 radical (unpaired) electrons. The maximum Gasteiger partial charge on any atom is 0.222 e. The Bertz CT molecular complexity index is 596. The number of carbonyl (C=O) groups excluding carboxylic acids is 1. The van der Waals surface area contributed by atoms with E-state index in [0.29, 0.717) is 13.0 Å². The van der Waals surface area contributed by atoms with E-state index in [1.807, 2.05) is 30.4 Å². The fourth-order valence-corrected chi connectivity index (χ4v) is 2.80. The molecule has 0 aliphatic carbocycles. The van der Waals surface area contributed by atoms with Crippen LogP contribution < -0.4 is 10.6 Å². The second-order valence-corrected chi connectivity index (χ2v) is 6.49. The highest BCUT2D eigenvalue weighted by atomic mass is 16.2. The van der Waals surface area contributed by atoms with Crippen molar-refractivity contribution in [2.24, 2.45) is 12.0 Å². The predicted octanol–water partition coefficient (Wildman–Crippen LogP) is 0.970. The van der Waals surface area contributed by atoms with Gasteiger partial charge in [-0.1, -0.05) is 20.3 Å². The van der Waals surface area contributed by atoms with E-state index in [2.05, 4.69) is 32.7 Å². The molecule has 1 atom stereocenters. The quantitative estimate of drug-likeness (QED) is 0.435. The van der Waals surface area contributed by atoms with Crippen molar-refractivity contribution in [1.82, 2.24) is 30.3 Å². The summed E-state index contributed by atoms with van der Waals surface area (Å²) < 4.78 is 1.95. The standard InChI is InChI=1S/C17H31N7O/c1-5-7-9-18-17(19-11-15-22-21-13(3)23(15)4)20-14-8-10-24(12-14)16(25)6-2/h14H,5-12H2,1-4H3,(H2,18,19,20). The van der Waals surface area contributed by atoms with Crippen LogP contribution in [0.2, 0.25) is 0 Å². The molecule has 2 heterocycles. The van der Waals surface area contributed by atoms with Gasteiger partial charge in [0.25, 0.3) is 0 Å². The van der Waals surface area contributed by atoms with Gasteiger partial charge >= 0.3 is 0 Å². The van der Waals surface area contributed by atoms with Crippen LogP contribution in [-0.4, -0.2) is 57.2 Å². The number of amides is 1. The van der Waals surface area contributed by atoms with Gasteiger partial charge in [0.15, 0.2) is 11.8 Å². The highest BCUT2D eigenvalue weighted by molar-refractivity contribution is 5.80. The molecule has 0 aromatic carbocycles. The van der Waals surface area contributed by atoms with Gasteiger partial charge in [0, 0.05) is 39.1 Å². The van der Waals surface area contributed by atoms with E-state index in [4.69, 9.17) is 0 Å². The number of aryl methyl sites for hydroxylation is 1. The first-order chi connectivity index (χ1) is 12.0. The first-order valence-electron chi connectivity index (χ1n) is 9.22. The SMILES string of the molecule is CCCCNC(=NCc1nnc(C)n1C)NC1CCN(C(=O)CC)C1. The van der Waals surface area contributed by atoms with E-state index in [-0.39, 0.29) is 11.9 Å². The van der Waals surface area contributed by atoms with Crippen molar-refractivity contribution < 1.29 is 4.79 Å². The summed E-state index contributed by atoms with van der Waals surface area (Å²) in [4.78, 5) is 18.4. The van der Waals surface area contributed by atoms with Crippen LogP contribution in [-0.2, 0) is 18.4 Å². The highest BCUT2D eigenvalue weighted by Gasteiger charge is 2.25. The Hall–Kier alpha value is -2.12. The number of aliphatic imine (C=N–C) groups is 1. The van der Waals surface area contributed by atoms with Gasteiger partial charge in [-0.25, -0.2) is 4.99 Å². The topological polar surface area (TPSA) is 87.4 Å². The average Bonchev–Trinajstić information content (AvgIpc) is 3.20. The number of aromatic nitrogens is 3. The molecule has 1 amide bonds. The van der Waals surface area contributed by atoms with Gasteiger partial charge in [0.1, 0.15) is 12.4 Å². The fraction of sp³-hybridized carbons (Fsp3) is 0.765. The Morgan fingerprint density at radius 3 is 2.80 bits per heavy atom. The number of hydrogen-bond acceptors (Lipinski definition) is 4. The van der Waals surface area contributed by atoms with Crippen molar-refractivity contribution in [3.05, 3.63) is 11.6 Å². The Morgan fingerprint density at radius 2 is 2.16 bits per heavy atom. The molecule has 1 aromatic rings. The molecule has 2 rings (SSSR count). The van der Waals surface area contributed by atoms with Gasteiger partial charge in [0.2, 0.25) is 5.91 Å². The molecule has 8 heteroatoms. The molecule has 1 fully saturated rings. The molecule has 1 unspecified atom stereocenters. The molecule has 0 bridgehead atoms. The van der Waals surface area contributed by atoms with Crippen molar-refractivity contribution in [2.75, 3.05) is 19.6 Å². The maximum absolute atomic E-state index is 11.8. The molecule has 8 nitrogen and oxygen atoms in total. The van der Waals surface area contributed by atoms with Crippen molar-refractivity contribution >= 4 is 11.9 Å². The number of hydrogen-bond donors (Lipinski definition) is 2. The second-order valence-electron chi connectivity index (χ2n) is 6.49. The van der Waals surface area contributed by atoms with Crippen LogP contribution in [0.5, 0.6) is 0 Å². The zero-order valence-electron chi connectivity index (χ0n) is 15.9. The lowest BCUT2D eigenvalue weighted by Gasteiger charge is -2.19. The zero-order chi connectivity index (χ0) is 18.2. The zero-order valence-corrected chi connectivity index (χ0v) is 15.9. The average molecular weight is 349 g/mol. The van der Waals surface area contributed by atoms with Crippen LogP contribution in [0.1, 0.15) is 51.2 Å². The van der Waals surface area contributed by atoms with Gasteiger partial charge in [-0.05, 0) is 19.8 Å². The minimum absolute atomic E-state index is 0.219. The van der Waals surface area contributed by atoms with E-state index in [1.54, 1.807) is 0 Å². The smallest absolute Gasteiger partial charge is 0.222 e. The lowest BCUT2D eigenvalue weighted by atomic mass is 10.3. The van der Waals surface area contributed by atoms with E-state index in [1.165, 1.54) is 0 Å². The molecule has 1 saturated heterocycles. The third-order valence-electron chi connectivity index (χ3n) is 4.57. The normalized spacial score (nSPS) is 17.8. The first kappa shape index (κ1) is 19.2. The van der Waals surface area contributed by atoms with Gasteiger partial charge < -0.3 is 20.1 Å². The molecule has 1 aliphatic rings. The molecule has 1 aromatic heterocycles. The summed E-state index contributed by atoms with van der Waals surface area (Å²) in [5.41, 5.74) is 0. The number of likely N-dealkylation sites (tertiary alicyclic amines) is 1. The molecule has 0 saturated carbocycles. The summed E-state index contributed by atoms with van der Waals surface area (Å²) in [5, 5.41) is 15.1. The third-order valence-corrected chi connectivity index (χ3v) is 4.57. The Labute approximate surface area is 150 Å². The predicted molar refractivity (Wildman–Crippen MR) is 98.2 cm³/mol. The number of guanidine groups is 1. The summed E-state index contributed by atoms with van der Waals surface area (Å²) >= 11 is 0. The third kappa shape index (κ3) is 5.44. The highest BCUT2D eigenvalue weighted by Crippen LogP contribution is 2.10. The molecule has 1 aliphatic heterocycles. The number of unbranched alkanes of at least 4 members (excludes halogenated alkanes) is 1. The van der Waals surface area contributed by atoms with Crippen LogP contribution in [0.15, 0.2) is 4.99 Å². The summed E-state index contributed by atoms with van der Waals surface area (Å²) in [6, 6.07) is 0.240. The number of nitrogens with zero attached hydrogens (tertiary/aromatic N) is 5. The minimum atomic E-state index is 0.219. The van der Waals surface area contributed by atoms with Crippen molar-refractivity contribution in [2.45, 2.75) is 59.0 Å². The van der Waals surface area contributed by atoms with Gasteiger partial charge in [-0.2, -0.15) is 0 Å². The van der Waals surface area contributed by atoms with Crippen molar-refractivity contribution in [3.8, 4) is 0 Å². The summed E-state index contributed by atoms with van der Waals surface area (Å²) in [6.45, 7) is 8.91. The Morgan fingerprint density at radius 1 is 1.36 bits per heavy atom. The van der Waals surface area contributed by atoms with Crippen LogP contribution in [0.4, 0.5) is 0 Å². The Balaban J connectivity index is 1.96. The van der Waals surface area contributed by atoms with E-state index in [0.717, 1.165) is 56.5 Å². The molecule has 0 spiro atoms. The number of rotatable bonds is 7. The van der Waals surface area contributed by atoms with Crippen LogP contribution in [0.25, 0.3) is 0 Å². The van der Waals surface area contributed by atoms with Crippen molar-refractivity contribution in [3.63, 3.8) is 0 Å². The van der Waals surface area contributed by atoms with Crippen molar-refractivity contribution in [1.29, 1.82) is 0 Å². The maximum atomic E-state index is 11.8. The van der Waals surface area contributed by atoms with Gasteiger partial charge in [-0.3, -0.25) is 4.79 Å². The monoisotopic (exact) mass is 349 g/mol. The lowest BCUT2D eigenvalue weighted by molar-refractivity contribution is -0.129. The Kier molecular flexibility index (Phi) is 7.21. The summed E-state index contributed by atoms with van der Waals surface area (Å²) in [5.74, 6) is 2.72. The number of carbonyl (C=O) groups is 1. The van der Waals surface area contributed by atoms with E-state index in [9.17, 15) is 4.79 Å². The molecule has 140 valence electrons. The van der Waals surface area contributed by atoms with E-state index >= 15 is 0 Å². The molecule has 25 heavy (non-hydrogen) atoms. The van der Waals surface area contributed by atoms with Crippen LogP contribution >= 0.6 is 0 Å². The molecular weight excluding hydrogens is 318 g/mol. The summed E-state index contributed by atoms with van der Waals surface area (Å²) in [7, 11) is 1.95. The van der Waals surface area contributed by atoms with Gasteiger partial charge in [0.05, 0.1) is 0 Å². The fourth-order valence-electron chi connectivity index (χ4n) is 2.80. The molecule has 2 N–H and O–H groups in total. The largest absolute Gasteiger partial charge is 0.356 e. The van der Waals surface area contributed by atoms with E-state index < -0.39 is 0 Å². The van der Waals surface area contributed by atoms with Crippen LogP contribution in [0.3, 0.4) is 0 Å².